The highest BCUT2D eigenvalue weighted by molar-refractivity contribution is 5.98. The van der Waals surface area contributed by atoms with E-state index in [9.17, 15) is 24.8 Å². The van der Waals surface area contributed by atoms with E-state index in [4.69, 9.17) is 9.47 Å². The summed E-state index contributed by atoms with van der Waals surface area (Å²) >= 11 is 0. The molecule has 22 heavy (non-hydrogen) atoms. The van der Waals surface area contributed by atoms with E-state index in [2.05, 4.69) is 5.32 Å². The minimum Gasteiger partial charge on any atom is -0.490 e. The summed E-state index contributed by atoms with van der Waals surface area (Å²) in [5.74, 6) is -1.93. The van der Waals surface area contributed by atoms with Crippen LogP contribution in [0.25, 0.3) is 0 Å². The maximum Gasteiger partial charge on any atom is 0.331 e. The lowest BCUT2D eigenvalue weighted by molar-refractivity contribution is -0.385. The van der Waals surface area contributed by atoms with E-state index < -0.39 is 22.3 Å². The number of nitrogens with one attached hydrogen (secondary N) is 1. The summed E-state index contributed by atoms with van der Waals surface area (Å²) in [5.41, 5.74) is -1.70. The maximum absolute atomic E-state index is 12.2. The Kier molecular flexibility index (Phi) is 4.27. The number of carbonyl (C=O) groups is 2. The van der Waals surface area contributed by atoms with E-state index in [1.807, 2.05) is 0 Å². The van der Waals surface area contributed by atoms with Gasteiger partial charge >= 0.3 is 11.7 Å². The van der Waals surface area contributed by atoms with E-state index in [1.54, 1.807) is 0 Å². The fourth-order valence-electron chi connectivity index (χ4n) is 2.14. The average Bonchev–Trinajstić information content (AvgIpc) is 2.96. The molecule has 1 amide bonds. The summed E-state index contributed by atoms with van der Waals surface area (Å²) < 4.78 is 9.92. The van der Waals surface area contributed by atoms with Crippen LogP contribution in [-0.2, 0) is 9.53 Å². The van der Waals surface area contributed by atoms with Crippen LogP contribution in [0, 0.1) is 10.1 Å². The molecule has 0 saturated carbocycles. The molecule has 118 valence electrons. The first-order chi connectivity index (χ1) is 10.4. The number of nitrogens with zero attached hydrogens (tertiary/aromatic N) is 1. The smallest absolute Gasteiger partial charge is 0.331 e. The summed E-state index contributed by atoms with van der Waals surface area (Å²) in [5, 5.41) is 22.5. The van der Waals surface area contributed by atoms with Crippen molar-refractivity contribution < 1.29 is 29.1 Å². The third kappa shape index (κ3) is 2.84. The van der Waals surface area contributed by atoms with E-state index in [-0.39, 0.29) is 36.6 Å². The number of aliphatic carboxylic acids is 1. The van der Waals surface area contributed by atoms with Crippen molar-refractivity contribution in [2.24, 2.45) is 0 Å². The molecule has 0 aromatic heterocycles. The molecule has 0 radical (unpaired) electrons. The summed E-state index contributed by atoms with van der Waals surface area (Å²) in [7, 11) is 1.24. The predicted octanol–water partition coefficient (Wildman–Crippen LogP) is 0.577. The van der Waals surface area contributed by atoms with Gasteiger partial charge < -0.3 is 19.9 Å². The van der Waals surface area contributed by atoms with Gasteiger partial charge in [0, 0.05) is 30.7 Å². The molecule has 1 heterocycles. The van der Waals surface area contributed by atoms with E-state index in [0.29, 0.717) is 0 Å². The van der Waals surface area contributed by atoms with E-state index in [1.165, 1.54) is 19.2 Å². The van der Waals surface area contributed by atoms with Crippen molar-refractivity contribution in [2.45, 2.75) is 12.0 Å². The third-order valence-corrected chi connectivity index (χ3v) is 3.42. The van der Waals surface area contributed by atoms with E-state index in [0.717, 1.165) is 6.07 Å². The Labute approximate surface area is 125 Å². The normalized spacial score (nSPS) is 20.4. The lowest BCUT2D eigenvalue weighted by Gasteiger charge is -2.23. The lowest BCUT2D eigenvalue weighted by atomic mass is 9.98. The monoisotopic (exact) mass is 310 g/mol. The molecule has 9 heteroatoms. The minimum atomic E-state index is -1.48. The number of ether oxygens (including phenoxy) is 2. The average molecular weight is 310 g/mol. The number of benzene rings is 1. The van der Waals surface area contributed by atoms with Gasteiger partial charge in [-0.1, -0.05) is 0 Å². The van der Waals surface area contributed by atoms with Crippen molar-refractivity contribution >= 4 is 17.6 Å². The number of hydrogen-bond acceptors (Lipinski definition) is 6. The number of amides is 1. The van der Waals surface area contributed by atoms with Crippen molar-refractivity contribution in [3.63, 3.8) is 0 Å². The highest BCUT2D eigenvalue weighted by Crippen LogP contribution is 2.28. The largest absolute Gasteiger partial charge is 0.490 e. The summed E-state index contributed by atoms with van der Waals surface area (Å²) in [4.78, 5) is 33.7. The standard InChI is InChI=1S/C13H14N2O7/c1-21-10-6-8(2-3-9(10)15(19)20)11(16)14-13(12(17)18)4-5-22-7-13/h2-3,6H,4-5,7H2,1H3,(H,14,16)(H,17,18). The van der Waals surface area contributed by atoms with Gasteiger partial charge in [-0.25, -0.2) is 4.79 Å². The van der Waals surface area contributed by atoms with Gasteiger partial charge in [0.05, 0.1) is 18.6 Å². The fraction of sp³-hybridized carbons (Fsp3) is 0.385. The first kappa shape index (κ1) is 15.7. The second-order valence-electron chi connectivity index (χ2n) is 4.79. The van der Waals surface area contributed by atoms with Crippen molar-refractivity contribution in [3.05, 3.63) is 33.9 Å². The molecule has 1 saturated heterocycles. The van der Waals surface area contributed by atoms with Crippen molar-refractivity contribution in [3.8, 4) is 5.75 Å². The summed E-state index contributed by atoms with van der Waals surface area (Å²) in [6.07, 6.45) is 0.151. The Morgan fingerprint density at radius 2 is 2.23 bits per heavy atom. The highest BCUT2D eigenvalue weighted by Gasteiger charge is 2.44. The minimum absolute atomic E-state index is 0.0648. The van der Waals surface area contributed by atoms with Gasteiger partial charge in [-0.05, 0) is 6.07 Å². The maximum atomic E-state index is 12.2. The molecule has 0 bridgehead atoms. The molecule has 0 spiro atoms. The summed E-state index contributed by atoms with van der Waals surface area (Å²) in [6.45, 7) is 0.106. The topological polar surface area (TPSA) is 128 Å². The Morgan fingerprint density at radius 3 is 2.73 bits per heavy atom. The van der Waals surface area contributed by atoms with Crippen LogP contribution < -0.4 is 10.1 Å². The molecule has 1 aromatic carbocycles. The van der Waals surface area contributed by atoms with Crippen LogP contribution in [0.4, 0.5) is 5.69 Å². The predicted molar refractivity (Wildman–Crippen MR) is 72.9 cm³/mol. The van der Waals surface area contributed by atoms with Gasteiger partial charge in [-0.15, -0.1) is 0 Å². The molecular weight excluding hydrogens is 296 g/mol. The van der Waals surface area contributed by atoms with Crippen LogP contribution >= 0.6 is 0 Å². The molecular formula is C13H14N2O7. The van der Waals surface area contributed by atoms with Crippen LogP contribution in [0.15, 0.2) is 18.2 Å². The van der Waals surface area contributed by atoms with E-state index >= 15 is 0 Å². The molecule has 1 aromatic rings. The fourth-order valence-corrected chi connectivity index (χ4v) is 2.14. The molecule has 1 aliphatic rings. The first-order valence-electron chi connectivity index (χ1n) is 6.36. The van der Waals surface area contributed by atoms with Crippen LogP contribution in [0.3, 0.4) is 0 Å². The molecule has 1 atom stereocenters. The first-order valence-corrected chi connectivity index (χ1v) is 6.36. The number of carboxylic acids is 1. The van der Waals surface area contributed by atoms with Gasteiger partial charge in [-0.2, -0.15) is 0 Å². The molecule has 1 unspecified atom stereocenters. The second-order valence-corrected chi connectivity index (χ2v) is 4.79. The Morgan fingerprint density at radius 1 is 1.50 bits per heavy atom. The molecule has 0 aliphatic carbocycles. The van der Waals surface area contributed by atoms with Gasteiger partial charge in [-0.3, -0.25) is 14.9 Å². The van der Waals surface area contributed by atoms with Crippen molar-refractivity contribution in [1.82, 2.24) is 5.32 Å². The molecule has 2 N–H and O–H groups in total. The van der Waals surface area contributed by atoms with Crippen molar-refractivity contribution in [1.29, 1.82) is 0 Å². The Bertz CT molecular complexity index is 623. The number of nitro benzene ring substituents is 1. The molecule has 1 aliphatic heterocycles. The number of methoxy groups -OCH3 is 1. The summed E-state index contributed by atoms with van der Waals surface area (Å²) in [6, 6.07) is 3.56. The van der Waals surface area contributed by atoms with Crippen LogP contribution in [0.2, 0.25) is 0 Å². The van der Waals surface area contributed by atoms with Gasteiger partial charge in [0.2, 0.25) is 0 Å². The van der Waals surface area contributed by atoms with Gasteiger partial charge in [0.25, 0.3) is 5.91 Å². The van der Waals surface area contributed by atoms with Crippen molar-refractivity contribution in [2.75, 3.05) is 20.3 Å². The van der Waals surface area contributed by atoms with Crippen LogP contribution in [0.1, 0.15) is 16.8 Å². The van der Waals surface area contributed by atoms with Crippen LogP contribution in [0.5, 0.6) is 5.75 Å². The van der Waals surface area contributed by atoms with Gasteiger partial charge in [0.15, 0.2) is 11.3 Å². The number of carboxylic acid groups (broad SMARTS) is 1. The zero-order valence-electron chi connectivity index (χ0n) is 11.7. The zero-order chi connectivity index (χ0) is 16.3. The third-order valence-electron chi connectivity index (χ3n) is 3.42. The second kappa shape index (κ2) is 5.98. The molecule has 2 rings (SSSR count). The SMILES string of the molecule is COc1cc(C(=O)NC2(C(=O)O)CCOC2)ccc1[N+](=O)[O-]. The number of hydrogen-bond donors (Lipinski definition) is 2. The Balaban J connectivity index is 2.26. The number of nitro groups is 1. The van der Waals surface area contributed by atoms with Gasteiger partial charge in [0.1, 0.15) is 0 Å². The van der Waals surface area contributed by atoms with Crippen LogP contribution in [-0.4, -0.2) is 47.8 Å². The number of carbonyl (C=O) groups excluding carboxylic acids is 1. The quantitative estimate of drug-likeness (QED) is 0.601. The molecule has 9 nitrogen and oxygen atoms in total. The zero-order valence-corrected chi connectivity index (χ0v) is 11.7. The molecule has 1 fully saturated rings. The highest BCUT2D eigenvalue weighted by atomic mass is 16.6. The lowest BCUT2D eigenvalue weighted by Crippen LogP contribution is -2.55. The number of rotatable bonds is 5. The Hall–Kier alpha value is -2.68.